The predicted octanol–water partition coefficient (Wildman–Crippen LogP) is 4.66. The van der Waals surface area contributed by atoms with E-state index in [4.69, 9.17) is 9.47 Å². The van der Waals surface area contributed by atoms with E-state index < -0.39 is 0 Å². The molecule has 21 heavy (non-hydrogen) atoms. The van der Waals surface area contributed by atoms with Crippen molar-refractivity contribution in [3.63, 3.8) is 0 Å². The number of nitrogens with one attached hydrogen (secondary N) is 1. The van der Waals surface area contributed by atoms with Gasteiger partial charge in [-0.1, -0.05) is 12.1 Å². The Hall–Kier alpha value is -2.16. The highest BCUT2D eigenvalue weighted by Gasteiger charge is 2.06. The first kappa shape index (κ1) is 15.2. The molecule has 3 heteroatoms. The van der Waals surface area contributed by atoms with E-state index in [1.807, 2.05) is 56.3 Å². The SMILES string of the molecule is COc1cccc(C(C)Nc2ccc(OC(C)C)cc2)c1. The fourth-order valence-electron chi connectivity index (χ4n) is 2.15. The molecule has 0 fully saturated rings. The second kappa shape index (κ2) is 7.02. The zero-order valence-corrected chi connectivity index (χ0v) is 13.1. The molecule has 0 radical (unpaired) electrons. The Labute approximate surface area is 126 Å². The van der Waals surface area contributed by atoms with Gasteiger partial charge in [-0.3, -0.25) is 0 Å². The van der Waals surface area contributed by atoms with Gasteiger partial charge < -0.3 is 14.8 Å². The zero-order valence-electron chi connectivity index (χ0n) is 13.1. The summed E-state index contributed by atoms with van der Waals surface area (Å²) in [4.78, 5) is 0. The highest BCUT2D eigenvalue weighted by Crippen LogP contribution is 2.24. The van der Waals surface area contributed by atoms with Gasteiger partial charge in [-0.2, -0.15) is 0 Å². The van der Waals surface area contributed by atoms with Crippen LogP contribution < -0.4 is 14.8 Å². The van der Waals surface area contributed by atoms with Gasteiger partial charge in [0.15, 0.2) is 0 Å². The minimum atomic E-state index is 0.194. The minimum Gasteiger partial charge on any atom is -0.497 e. The maximum Gasteiger partial charge on any atom is 0.119 e. The molecule has 1 N–H and O–H groups in total. The van der Waals surface area contributed by atoms with Gasteiger partial charge in [0.25, 0.3) is 0 Å². The van der Waals surface area contributed by atoms with Crippen molar-refractivity contribution < 1.29 is 9.47 Å². The van der Waals surface area contributed by atoms with Crippen LogP contribution in [-0.4, -0.2) is 13.2 Å². The molecule has 1 atom stereocenters. The van der Waals surface area contributed by atoms with E-state index in [1.54, 1.807) is 7.11 Å². The van der Waals surface area contributed by atoms with Crippen LogP contribution >= 0.6 is 0 Å². The number of ether oxygens (including phenoxy) is 2. The van der Waals surface area contributed by atoms with E-state index in [0.29, 0.717) is 0 Å². The maximum absolute atomic E-state index is 5.64. The molecule has 0 spiro atoms. The van der Waals surface area contributed by atoms with E-state index in [0.717, 1.165) is 17.2 Å². The number of hydrogen-bond acceptors (Lipinski definition) is 3. The molecule has 3 nitrogen and oxygen atoms in total. The molecule has 2 aromatic rings. The first-order chi connectivity index (χ1) is 10.1. The summed E-state index contributed by atoms with van der Waals surface area (Å²) in [5.41, 5.74) is 2.26. The number of anilines is 1. The molecule has 0 aliphatic carbocycles. The molecule has 1 unspecified atom stereocenters. The standard InChI is InChI=1S/C18H23NO2/c1-13(2)21-17-10-8-16(9-11-17)19-14(3)15-6-5-7-18(12-15)20-4/h5-14,19H,1-4H3. The number of methoxy groups -OCH3 is 1. The van der Waals surface area contributed by atoms with Gasteiger partial charge in [0.1, 0.15) is 11.5 Å². The van der Waals surface area contributed by atoms with E-state index in [1.165, 1.54) is 5.56 Å². The molecule has 0 bridgehead atoms. The predicted molar refractivity (Wildman–Crippen MR) is 87.2 cm³/mol. The van der Waals surface area contributed by atoms with Crippen LogP contribution in [0.25, 0.3) is 0 Å². The lowest BCUT2D eigenvalue weighted by Crippen LogP contribution is -2.07. The molecule has 2 aromatic carbocycles. The minimum absolute atomic E-state index is 0.194. The summed E-state index contributed by atoms with van der Waals surface area (Å²) < 4.78 is 10.9. The first-order valence-electron chi connectivity index (χ1n) is 7.25. The van der Waals surface area contributed by atoms with Crippen molar-refractivity contribution in [2.75, 3.05) is 12.4 Å². The largest absolute Gasteiger partial charge is 0.497 e. The lowest BCUT2D eigenvalue weighted by atomic mass is 10.1. The van der Waals surface area contributed by atoms with Crippen LogP contribution in [0.3, 0.4) is 0 Å². The summed E-state index contributed by atoms with van der Waals surface area (Å²) in [5, 5.41) is 3.48. The fraction of sp³-hybridized carbons (Fsp3) is 0.333. The quantitative estimate of drug-likeness (QED) is 0.837. The molecule has 0 aromatic heterocycles. The normalized spacial score (nSPS) is 12.0. The smallest absolute Gasteiger partial charge is 0.119 e. The Bertz CT molecular complexity index is 564. The summed E-state index contributed by atoms with van der Waals surface area (Å²) in [5.74, 6) is 1.77. The molecule has 0 saturated heterocycles. The Morgan fingerprint density at radius 3 is 2.24 bits per heavy atom. The zero-order chi connectivity index (χ0) is 15.2. The van der Waals surface area contributed by atoms with Crippen molar-refractivity contribution in [2.45, 2.75) is 32.9 Å². The van der Waals surface area contributed by atoms with Gasteiger partial charge in [0.2, 0.25) is 0 Å². The van der Waals surface area contributed by atoms with Crippen LogP contribution in [0.15, 0.2) is 48.5 Å². The molecule has 2 rings (SSSR count). The van der Waals surface area contributed by atoms with E-state index in [-0.39, 0.29) is 12.1 Å². The van der Waals surface area contributed by atoms with Gasteiger partial charge in [-0.05, 0) is 62.7 Å². The molecular formula is C18H23NO2. The molecule has 112 valence electrons. The Kier molecular flexibility index (Phi) is 5.09. The van der Waals surface area contributed by atoms with Crippen molar-refractivity contribution in [1.82, 2.24) is 0 Å². The first-order valence-corrected chi connectivity index (χ1v) is 7.25. The van der Waals surface area contributed by atoms with E-state index >= 15 is 0 Å². The third kappa shape index (κ3) is 4.42. The monoisotopic (exact) mass is 285 g/mol. The summed E-state index contributed by atoms with van der Waals surface area (Å²) >= 11 is 0. The highest BCUT2D eigenvalue weighted by atomic mass is 16.5. The van der Waals surface area contributed by atoms with E-state index in [2.05, 4.69) is 18.3 Å². The Balaban J connectivity index is 2.03. The second-order valence-corrected chi connectivity index (χ2v) is 5.33. The van der Waals surface area contributed by atoms with Gasteiger partial charge in [0.05, 0.1) is 13.2 Å². The van der Waals surface area contributed by atoms with Crippen LogP contribution in [0.5, 0.6) is 11.5 Å². The molecule has 0 aliphatic heterocycles. The lowest BCUT2D eigenvalue weighted by Gasteiger charge is -2.17. The van der Waals surface area contributed by atoms with Gasteiger partial charge >= 0.3 is 0 Å². The van der Waals surface area contributed by atoms with Crippen molar-refractivity contribution in [3.8, 4) is 11.5 Å². The number of benzene rings is 2. The summed E-state index contributed by atoms with van der Waals surface area (Å²) in [7, 11) is 1.69. The summed E-state index contributed by atoms with van der Waals surface area (Å²) in [6.45, 7) is 6.18. The highest BCUT2D eigenvalue weighted by molar-refractivity contribution is 5.48. The average molecular weight is 285 g/mol. The Morgan fingerprint density at radius 1 is 0.905 bits per heavy atom. The van der Waals surface area contributed by atoms with Crippen LogP contribution in [0, 0.1) is 0 Å². The van der Waals surface area contributed by atoms with Crippen molar-refractivity contribution in [1.29, 1.82) is 0 Å². The summed E-state index contributed by atoms with van der Waals surface area (Å²) in [6.07, 6.45) is 0.194. The number of hydrogen-bond donors (Lipinski definition) is 1. The van der Waals surface area contributed by atoms with Crippen LogP contribution in [0.2, 0.25) is 0 Å². The average Bonchev–Trinajstić information content (AvgIpc) is 2.49. The molecule has 0 heterocycles. The van der Waals surface area contributed by atoms with Crippen LogP contribution in [0.1, 0.15) is 32.4 Å². The second-order valence-electron chi connectivity index (χ2n) is 5.33. The molecule has 0 amide bonds. The lowest BCUT2D eigenvalue weighted by molar-refractivity contribution is 0.242. The van der Waals surface area contributed by atoms with E-state index in [9.17, 15) is 0 Å². The maximum atomic E-state index is 5.64. The fourth-order valence-corrected chi connectivity index (χ4v) is 2.15. The molecule has 0 aliphatic rings. The van der Waals surface area contributed by atoms with Crippen molar-refractivity contribution in [3.05, 3.63) is 54.1 Å². The number of rotatable bonds is 6. The topological polar surface area (TPSA) is 30.5 Å². The van der Waals surface area contributed by atoms with Gasteiger partial charge in [0, 0.05) is 11.7 Å². The van der Waals surface area contributed by atoms with Crippen LogP contribution in [-0.2, 0) is 0 Å². The molecule has 0 saturated carbocycles. The third-order valence-corrected chi connectivity index (χ3v) is 3.20. The molecular weight excluding hydrogens is 262 g/mol. The van der Waals surface area contributed by atoms with Crippen LogP contribution in [0.4, 0.5) is 5.69 Å². The third-order valence-electron chi connectivity index (χ3n) is 3.20. The van der Waals surface area contributed by atoms with Gasteiger partial charge in [-0.15, -0.1) is 0 Å². The summed E-state index contributed by atoms with van der Waals surface area (Å²) in [6, 6.07) is 16.4. The van der Waals surface area contributed by atoms with Gasteiger partial charge in [-0.25, -0.2) is 0 Å². The Morgan fingerprint density at radius 2 is 1.62 bits per heavy atom. The van der Waals surface area contributed by atoms with Crippen molar-refractivity contribution in [2.24, 2.45) is 0 Å². The van der Waals surface area contributed by atoms with Crippen molar-refractivity contribution >= 4 is 5.69 Å².